The average Bonchev–Trinajstić information content (AvgIpc) is 2.36. The Labute approximate surface area is 138 Å². The van der Waals surface area contributed by atoms with Crippen LogP contribution in [0.2, 0.25) is 0 Å². The first-order valence-corrected chi connectivity index (χ1v) is 10.0. The third-order valence-corrected chi connectivity index (χ3v) is 5.80. The number of nitrogens with one attached hydrogen (secondary N) is 1. The van der Waals surface area contributed by atoms with E-state index in [1.54, 1.807) is 0 Å². The quantitative estimate of drug-likeness (QED) is 0.793. The van der Waals surface area contributed by atoms with Crippen molar-refractivity contribution in [2.24, 2.45) is 0 Å². The highest BCUT2D eigenvalue weighted by molar-refractivity contribution is 8.18. The summed E-state index contributed by atoms with van der Waals surface area (Å²) >= 11 is 0. The molecule has 0 atom stereocenters. The van der Waals surface area contributed by atoms with E-state index >= 15 is 0 Å². The second kappa shape index (κ2) is 7.82. The topological polar surface area (TPSA) is 80.3 Å². The summed E-state index contributed by atoms with van der Waals surface area (Å²) in [6, 6.07) is 10.7. The molecule has 0 aliphatic heterocycles. The second-order valence-corrected chi connectivity index (χ2v) is 9.30. The van der Waals surface area contributed by atoms with Gasteiger partial charge in [0.15, 0.2) is 0 Å². The summed E-state index contributed by atoms with van der Waals surface area (Å²) in [7, 11) is -6.67. The molecule has 0 aromatic heterocycles. The minimum Gasteiger partial charge on any atom is -0.202 e. The van der Waals surface area contributed by atoms with Gasteiger partial charge >= 0.3 is 24.8 Å². The molecule has 0 saturated heterocycles. The van der Waals surface area contributed by atoms with Gasteiger partial charge < -0.3 is 0 Å². The maximum absolute atomic E-state index is 11.4. The third kappa shape index (κ3) is 8.00. The number of halogens is 4. The van der Waals surface area contributed by atoms with Crippen molar-refractivity contribution >= 4 is 29.9 Å². The standard InChI is InChI=1S/C11H16.CHClF3NO4S2/c1-4-11(2,3)10-8-6-5-7-9-10;2-12(9,10)6-11(7,8)1(3,4)5/h5-9H,4H2,1-3H3;6H. The summed E-state index contributed by atoms with van der Waals surface area (Å²) in [5.41, 5.74) is -3.93. The Bertz CT molecular complexity index is 702. The van der Waals surface area contributed by atoms with E-state index in [-0.39, 0.29) is 4.13 Å². The minimum absolute atomic E-state index is 0.220. The van der Waals surface area contributed by atoms with E-state index in [9.17, 15) is 30.0 Å². The maximum Gasteiger partial charge on any atom is 0.512 e. The van der Waals surface area contributed by atoms with E-state index in [4.69, 9.17) is 0 Å². The van der Waals surface area contributed by atoms with Gasteiger partial charge in [0.2, 0.25) is 0 Å². The number of benzene rings is 1. The molecule has 0 fully saturated rings. The molecule has 23 heavy (non-hydrogen) atoms. The van der Waals surface area contributed by atoms with Gasteiger partial charge in [0.25, 0.3) is 0 Å². The van der Waals surface area contributed by atoms with E-state index in [1.165, 1.54) is 12.0 Å². The van der Waals surface area contributed by atoms with Crippen LogP contribution in [0.1, 0.15) is 32.8 Å². The highest BCUT2D eigenvalue weighted by atomic mass is 35.7. The third-order valence-electron chi connectivity index (χ3n) is 2.95. The largest absolute Gasteiger partial charge is 0.512 e. The Morgan fingerprint density at radius 3 is 1.74 bits per heavy atom. The molecule has 0 bridgehead atoms. The van der Waals surface area contributed by atoms with E-state index in [2.05, 4.69) is 61.8 Å². The van der Waals surface area contributed by atoms with Crippen molar-refractivity contribution in [1.29, 1.82) is 0 Å². The molecule has 0 spiro atoms. The first kappa shape index (κ1) is 22.2. The second-order valence-electron chi connectivity index (χ2n) is 5.07. The predicted molar refractivity (Wildman–Crippen MR) is 82.6 cm³/mol. The zero-order valence-electron chi connectivity index (χ0n) is 12.6. The van der Waals surface area contributed by atoms with Crippen molar-refractivity contribution < 1.29 is 30.0 Å². The Kier molecular flexibility index (Phi) is 7.54. The molecule has 0 saturated carbocycles. The normalized spacial score (nSPS) is 13.2. The fourth-order valence-electron chi connectivity index (χ4n) is 1.27. The Morgan fingerprint density at radius 2 is 1.48 bits per heavy atom. The van der Waals surface area contributed by atoms with Crippen molar-refractivity contribution in [2.45, 2.75) is 38.1 Å². The van der Waals surface area contributed by atoms with Crippen molar-refractivity contribution in [2.75, 3.05) is 0 Å². The zero-order valence-corrected chi connectivity index (χ0v) is 14.9. The average molecular weight is 396 g/mol. The highest BCUT2D eigenvalue weighted by Gasteiger charge is 2.48. The van der Waals surface area contributed by atoms with Crippen LogP contribution in [-0.4, -0.2) is 22.3 Å². The van der Waals surface area contributed by atoms with Gasteiger partial charge in [0.1, 0.15) is 0 Å². The van der Waals surface area contributed by atoms with Gasteiger partial charge in [0, 0.05) is 10.7 Å². The lowest BCUT2D eigenvalue weighted by Crippen LogP contribution is -2.38. The molecule has 0 heterocycles. The van der Waals surface area contributed by atoms with Gasteiger partial charge in [-0.3, -0.25) is 0 Å². The summed E-state index contributed by atoms with van der Waals surface area (Å²) in [6.07, 6.45) is 1.19. The smallest absolute Gasteiger partial charge is 0.202 e. The summed E-state index contributed by atoms with van der Waals surface area (Å²) in [5.74, 6) is 0. The number of hydrogen-bond donors (Lipinski definition) is 1. The number of rotatable bonds is 4. The van der Waals surface area contributed by atoms with Crippen LogP contribution in [0.15, 0.2) is 30.3 Å². The molecule has 1 aromatic carbocycles. The molecule has 0 amide bonds. The van der Waals surface area contributed by atoms with Gasteiger partial charge in [-0.15, -0.1) is 0 Å². The first-order chi connectivity index (χ1) is 10.1. The Hall–Kier alpha value is -0.840. The highest BCUT2D eigenvalue weighted by Crippen LogP contribution is 2.25. The maximum atomic E-state index is 11.4. The molecule has 1 rings (SSSR count). The summed E-state index contributed by atoms with van der Waals surface area (Å²) < 4.78 is 74.1. The molecule has 1 aromatic rings. The minimum atomic E-state index is -5.93. The van der Waals surface area contributed by atoms with Crippen molar-refractivity contribution in [1.82, 2.24) is 4.13 Å². The van der Waals surface area contributed by atoms with Crippen molar-refractivity contribution in [3.8, 4) is 0 Å². The molecule has 0 radical (unpaired) electrons. The van der Waals surface area contributed by atoms with Gasteiger partial charge in [-0.05, 0) is 17.4 Å². The first-order valence-electron chi connectivity index (χ1n) is 6.22. The van der Waals surface area contributed by atoms with Gasteiger partial charge in [-0.1, -0.05) is 55.2 Å². The molecule has 11 heteroatoms. The molecule has 0 aliphatic carbocycles. The van der Waals surface area contributed by atoms with Crippen LogP contribution in [0.25, 0.3) is 0 Å². The molecular weight excluding hydrogens is 379 g/mol. The lowest BCUT2D eigenvalue weighted by molar-refractivity contribution is -0.0441. The van der Waals surface area contributed by atoms with E-state index < -0.39 is 24.8 Å². The number of sulfonamides is 1. The van der Waals surface area contributed by atoms with Crippen LogP contribution in [-0.2, 0) is 24.7 Å². The predicted octanol–water partition coefficient (Wildman–Crippen LogP) is 3.28. The van der Waals surface area contributed by atoms with Gasteiger partial charge in [-0.25, -0.2) is 8.42 Å². The Morgan fingerprint density at radius 1 is 1.04 bits per heavy atom. The monoisotopic (exact) mass is 395 g/mol. The molecule has 1 N–H and O–H groups in total. The van der Waals surface area contributed by atoms with Gasteiger partial charge in [0.05, 0.1) is 0 Å². The van der Waals surface area contributed by atoms with E-state index in [0.717, 1.165) is 0 Å². The zero-order chi connectivity index (χ0) is 18.5. The molecule has 5 nitrogen and oxygen atoms in total. The van der Waals surface area contributed by atoms with Gasteiger partial charge in [-0.2, -0.15) is 21.6 Å². The fourth-order valence-corrected chi connectivity index (χ4v) is 3.44. The van der Waals surface area contributed by atoms with Crippen LogP contribution in [0, 0.1) is 0 Å². The van der Waals surface area contributed by atoms with E-state index in [0.29, 0.717) is 5.41 Å². The lowest BCUT2D eigenvalue weighted by Gasteiger charge is -2.22. The summed E-state index contributed by atoms with van der Waals surface area (Å²) in [5, 5.41) is 0. The van der Waals surface area contributed by atoms with Crippen LogP contribution in [0.3, 0.4) is 0 Å². The Balaban J connectivity index is 0.000000422. The number of alkyl halides is 3. The van der Waals surface area contributed by atoms with Crippen molar-refractivity contribution in [3.05, 3.63) is 35.9 Å². The van der Waals surface area contributed by atoms with Crippen LogP contribution < -0.4 is 4.13 Å². The fraction of sp³-hybridized carbons (Fsp3) is 0.500. The van der Waals surface area contributed by atoms with E-state index in [1.807, 2.05) is 0 Å². The molecular formula is C12H17ClF3NO4S2. The molecule has 0 unspecified atom stereocenters. The SMILES string of the molecule is CCC(C)(C)c1ccccc1.O=S(=O)(Cl)NS(=O)(=O)C(F)(F)F. The lowest BCUT2D eigenvalue weighted by atomic mass is 9.82. The molecule has 0 aliphatic rings. The van der Waals surface area contributed by atoms with Crippen LogP contribution in [0.5, 0.6) is 0 Å². The summed E-state index contributed by atoms with van der Waals surface area (Å²) in [6.45, 7) is 6.79. The van der Waals surface area contributed by atoms with Crippen molar-refractivity contribution in [3.63, 3.8) is 0 Å². The van der Waals surface area contributed by atoms with Crippen LogP contribution in [0.4, 0.5) is 13.2 Å². The number of hydrogen-bond acceptors (Lipinski definition) is 4. The molecule has 134 valence electrons. The van der Waals surface area contributed by atoms with Crippen LogP contribution >= 0.6 is 10.7 Å². The summed E-state index contributed by atoms with van der Waals surface area (Å²) in [4.78, 5) is 0.